The van der Waals surface area contributed by atoms with E-state index in [4.69, 9.17) is 10.5 Å². The van der Waals surface area contributed by atoms with Crippen molar-refractivity contribution in [3.05, 3.63) is 88.6 Å². The predicted octanol–water partition coefficient (Wildman–Crippen LogP) is 3.17. The lowest BCUT2D eigenvalue weighted by atomic mass is 9.63. The Morgan fingerprint density at radius 2 is 1.74 bits per heavy atom. The van der Waals surface area contributed by atoms with Crippen LogP contribution >= 0.6 is 0 Å². The normalized spacial score (nSPS) is 17.8. The standard InChI is InChI=1S/C33H44F2N4O6S/c1-5-10-39(11-6-2)31(41)24-16-27(38-46(4,43)44)19-33(18-24,32(36)42)29(15-23-12-25(34)17-26(35)13-23)30(40)21-37-20-22-8-7-9-28(14-22)45-3/h7-9,12-14,16-17,19,29-30,37-38,40H,5-6,10-11,15,18,20-21H2,1-4H3,(H2,36,42)/t29-,30+,33?/m1/s1. The first-order valence-corrected chi connectivity index (χ1v) is 17.1. The molecule has 5 N–H and O–H groups in total. The summed E-state index contributed by atoms with van der Waals surface area (Å²) < 4.78 is 60.9. The van der Waals surface area contributed by atoms with Gasteiger partial charge in [-0.3, -0.25) is 14.3 Å². The fourth-order valence-electron chi connectivity index (χ4n) is 5.90. The average Bonchev–Trinajstić information content (AvgIpc) is 2.97. The Morgan fingerprint density at radius 3 is 2.30 bits per heavy atom. The highest BCUT2D eigenvalue weighted by Crippen LogP contribution is 2.44. The van der Waals surface area contributed by atoms with E-state index >= 15 is 0 Å². The van der Waals surface area contributed by atoms with Gasteiger partial charge in [-0.2, -0.15) is 0 Å². The highest BCUT2D eigenvalue weighted by atomic mass is 32.2. The summed E-state index contributed by atoms with van der Waals surface area (Å²) in [7, 11) is -2.34. The summed E-state index contributed by atoms with van der Waals surface area (Å²) in [5.74, 6) is -3.56. The molecular formula is C33H44F2N4O6S. The first kappa shape index (κ1) is 36.7. The molecule has 0 aliphatic heterocycles. The number of carbonyl (C=O) groups excluding carboxylic acids is 2. The predicted molar refractivity (Wildman–Crippen MR) is 172 cm³/mol. The fraction of sp³-hybridized carbons (Fsp3) is 0.455. The number of aliphatic hydroxyl groups is 1. The second kappa shape index (κ2) is 16.1. The van der Waals surface area contributed by atoms with Gasteiger partial charge < -0.3 is 25.8 Å². The minimum atomic E-state index is -3.88. The summed E-state index contributed by atoms with van der Waals surface area (Å²) in [4.78, 5) is 29.0. The van der Waals surface area contributed by atoms with Gasteiger partial charge in [0.2, 0.25) is 21.8 Å². The van der Waals surface area contributed by atoms with Gasteiger partial charge in [-0.05, 0) is 73.2 Å². The van der Waals surface area contributed by atoms with Crippen molar-refractivity contribution in [2.45, 2.75) is 52.2 Å². The van der Waals surface area contributed by atoms with E-state index in [2.05, 4.69) is 10.0 Å². The summed E-state index contributed by atoms with van der Waals surface area (Å²) in [5.41, 5.74) is 5.27. The van der Waals surface area contributed by atoms with Crippen LogP contribution < -0.4 is 20.5 Å². The molecule has 0 aromatic heterocycles. The van der Waals surface area contributed by atoms with Crippen LogP contribution in [0.5, 0.6) is 5.75 Å². The van der Waals surface area contributed by atoms with Crippen molar-refractivity contribution >= 4 is 21.8 Å². The summed E-state index contributed by atoms with van der Waals surface area (Å²) in [6, 6.07) is 10.2. The second-order valence-corrected chi connectivity index (χ2v) is 13.4. The van der Waals surface area contributed by atoms with E-state index in [1.54, 1.807) is 18.1 Å². The molecule has 1 aliphatic carbocycles. The molecular weight excluding hydrogens is 618 g/mol. The van der Waals surface area contributed by atoms with Gasteiger partial charge in [0, 0.05) is 49.4 Å². The number of nitrogens with one attached hydrogen (secondary N) is 2. The molecule has 0 bridgehead atoms. The number of benzene rings is 2. The third kappa shape index (κ3) is 9.84. The van der Waals surface area contributed by atoms with Gasteiger partial charge in [0.05, 0.1) is 24.9 Å². The molecule has 0 radical (unpaired) electrons. The van der Waals surface area contributed by atoms with Crippen molar-refractivity contribution in [3.63, 3.8) is 0 Å². The Labute approximate surface area is 269 Å². The molecule has 252 valence electrons. The van der Waals surface area contributed by atoms with Crippen molar-refractivity contribution in [1.29, 1.82) is 0 Å². The SMILES string of the molecule is CCCN(CCC)C(=O)C1=CC(NS(C)(=O)=O)=CC(C(N)=O)([C@H](Cc2cc(F)cc(F)c2)[C@@H](O)CNCc2cccc(OC)c2)C1. The van der Waals surface area contributed by atoms with Gasteiger partial charge >= 0.3 is 0 Å². The topological polar surface area (TPSA) is 151 Å². The van der Waals surface area contributed by atoms with Crippen molar-refractivity contribution in [1.82, 2.24) is 14.9 Å². The molecule has 10 nitrogen and oxygen atoms in total. The molecule has 13 heteroatoms. The molecule has 2 aromatic rings. The third-order valence-electron chi connectivity index (χ3n) is 7.86. The van der Waals surface area contributed by atoms with Crippen molar-refractivity contribution in [2.75, 3.05) is 33.0 Å². The van der Waals surface area contributed by atoms with Crippen molar-refractivity contribution in [3.8, 4) is 5.75 Å². The summed E-state index contributed by atoms with van der Waals surface area (Å²) in [6.45, 7) is 4.91. The Hall–Kier alpha value is -3.81. The first-order valence-electron chi connectivity index (χ1n) is 15.2. The zero-order valence-electron chi connectivity index (χ0n) is 26.7. The maximum absolute atomic E-state index is 14.3. The fourth-order valence-corrected chi connectivity index (χ4v) is 6.45. The van der Waals surface area contributed by atoms with E-state index in [1.807, 2.05) is 32.0 Å². The highest BCUT2D eigenvalue weighted by molar-refractivity contribution is 7.88. The summed E-state index contributed by atoms with van der Waals surface area (Å²) >= 11 is 0. The number of sulfonamides is 1. The molecule has 0 heterocycles. The number of rotatable bonds is 17. The van der Waals surface area contributed by atoms with Gasteiger partial charge in [-0.15, -0.1) is 0 Å². The number of methoxy groups -OCH3 is 1. The number of carbonyl (C=O) groups is 2. The number of aliphatic hydroxyl groups excluding tert-OH is 1. The minimum absolute atomic E-state index is 0.0733. The van der Waals surface area contributed by atoms with Crippen LogP contribution in [0.1, 0.15) is 44.2 Å². The number of nitrogens with zero attached hydrogens (tertiary/aromatic N) is 1. The van der Waals surface area contributed by atoms with Crippen LogP contribution in [0, 0.1) is 23.0 Å². The van der Waals surface area contributed by atoms with Crippen LogP contribution in [-0.2, 0) is 32.6 Å². The van der Waals surface area contributed by atoms with Crippen LogP contribution in [0.25, 0.3) is 0 Å². The molecule has 2 amide bonds. The number of halogens is 2. The maximum atomic E-state index is 14.3. The first-order chi connectivity index (χ1) is 21.7. The molecule has 3 atom stereocenters. The zero-order chi connectivity index (χ0) is 34.1. The Kier molecular flexibility index (Phi) is 12.9. The van der Waals surface area contributed by atoms with E-state index in [0.29, 0.717) is 44.3 Å². The van der Waals surface area contributed by atoms with Crippen LogP contribution in [0.3, 0.4) is 0 Å². The van der Waals surface area contributed by atoms with Gasteiger partial charge in [-0.1, -0.05) is 26.0 Å². The molecule has 0 fully saturated rings. The molecule has 0 saturated carbocycles. The lowest BCUT2D eigenvalue weighted by molar-refractivity contribution is -0.132. The van der Waals surface area contributed by atoms with Gasteiger partial charge in [0.25, 0.3) is 0 Å². The number of ether oxygens (including phenoxy) is 1. The maximum Gasteiger partial charge on any atom is 0.249 e. The zero-order valence-corrected chi connectivity index (χ0v) is 27.5. The van der Waals surface area contributed by atoms with E-state index in [9.17, 15) is 31.9 Å². The Balaban J connectivity index is 2.11. The molecule has 0 spiro atoms. The number of hydrogen-bond acceptors (Lipinski definition) is 7. The van der Waals surface area contributed by atoms with Crippen LogP contribution in [0.15, 0.2) is 65.9 Å². The molecule has 1 unspecified atom stereocenters. The second-order valence-electron chi connectivity index (χ2n) is 11.7. The van der Waals surface area contributed by atoms with Crippen LogP contribution in [0.2, 0.25) is 0 Å². The van der Waals surface area contributed by atoms with Gasteiger partial charge in [-0.25, -0.2) is 17.2 Å². The monoisotopic (exact) mass is 662 g/mol. The van der Waals surface area contributed by atoms with Crippen molar-refractivity contribution in [2.24, 2.45) is 17.1 Å². The number of amides is 2. The van der Waals surface area contributed by atoms with Crippen molar-refractivity contribution < 1.29 is 36.6 Å². The smallest absolute Gasteiger partial charge is 0.249 e. The van der Waals surface area contributed by atoms with E-state index in [1.165, 1.54) is 12.2 Å². The van der Waals surface area contributed by atoms with E-state index < -0.39 is 50.9 Å². The molecule has 1 aliphatic rings. The lowest BCUT2D eigenvalue weighted by Gasteiger charge is -2.42. The summed E-state index contributed by atoms with van der Waals surface area (Å²) in [5, 5.41) is 14.9. The highest BCUT2D eigenvalue weighted by Gasteiger charge is 2.49. The molecule has 0 saturated heterocycles. The molecule has 46 heavy (non-hydrogen) atoms. The third-order valence-corrected chi connectivity index (χ3v) is 8.46. The molecule has 3 rings (SSSR count). The average molecular weight is 663 g/mol. The number of hydrogen-bond donors (Lipinski definition) is 4. The van der Waals surface area contributed by atoms with Crippen LogP contribution in [-0.4, -0.2) is 69.3 Å². The van der Waals surface area contributed by atoms with E-state index in [-0.39, 0.29) is 36.2 Å². The van der Waals surface area contributed by atoms with Gasteiger partial charge in [0.15, 0.2) is 0 Å². The number of allylic oxidation sites excluding steroid dienone is 1. The number of primary amides is 1. The number of nitrogens with two attached hydrogens (primary N) is 1. The summed E-state index contributed by atoms with van der Waals surface area (Å²) in [6.07, 6.45) is 3.09. The lowest BCUT2D eigenvalue weighted by Crippen LogP contribution is -2.52. The van der Waals surface area contributed by atoms with Crippen LogP contribution in [0.4, 0.5) is 8.78 Å². The van der Waals surface area contributed by atoms with Gasteiger partial charge in [0.1, 0.15) is 17.4 Å². The molecule has 2 aromatic carbocycles. The Bertz CT molecular complexity index is 1540. The van der Waals surface area contributed by atoms with E-state index in [0.717, 1.165) is 24.0 Å². The quantitative estimate of drug-likeness (QED) is 0.203. The largest absolute Gasteiger partial charge is 0.497 e. The minimum Gasteiger partial charge on any atom is -0.497 e. The Morgan fingerprint density at radius 1 is 1.09 bits per heavy atom.